The highest BCUT2D eigenvalue weighted by Gasteiger charge is 2.28. The molecule has 1 atom stereocenters. The Morgan fingerprint density at radius 2 is 2.05 bits per heavy atom. The Morgan fingerprint density at radius 3 is 2.63 bits per heavy atom. The lowest BCUT2D eigenvalue weighted by Gasteiger charge is -2.21. The van der Waals surface area contributed by atoms with Crippen LogP contribution in [-0.2, 0) is 14.3 Å². The first-order chi connectivity index (χ1) is 8.94. The Labute approximate surface area is 120 Å². The minimum Gasteiger partial charge on any atom is -0.465 e. The largest absolute Gasteiger partial charge is 0.465 e. The van der Waals surface area contributed by atoms with Crippen LogP contribution in [0, 0.1) is 0 Å². The van der Waals surface area contributed by atoms with Gasteiger partial charge in [-0.05, 0) is 38.9 Å². The molecular formula is C13H26N2O3S. The summed E-state index contributed by atoms with van der Waals surface area (Å²) in [6.45, 7) is 6.54. The van der Waals surface area contributed by atoms with E-state index in [0.717, 1.165) is 25.1 Å². The second kappa shape index (κ2) is 10.1. The molecule has 0 rings (SSSR count). The van der Waals surface area contributed by atoms with Crippen molar-refractivity contribution in [2.24, 2.45) is 5.73 Å². The molecule has 0 aliphatic heterocycles. The zero-order chi connectivity index (χ0) is 14.7. The molecule has 0 radical (unpaired) electrons. The smallest absolute Gasteiger partial charge is 0.325 e. The van der Waals surface area contributed by atoms with Crippen molar-refractivity contribution in [3.05, 3.63) is 0 Å². The number of nitrogens with two attached hydrogens (primary N) is 1. The van der Waals surface area contributed by atoms with E-state index < -0.39 is 5.54 Å². The third-order valence-electron chi connectivity index (χ3n) is 2.53. The highest BCUT2D eigenvalue weighted by Crippen LogP contribution is 2.14. The number of nitrogens with one attached hydrogen (secondary N) is 1. The van der Waals surface area contributed by atoms with E-state index in [2.05, 4.69) is 5.32 Å². The second-order valence-corrected chi connectivity index (χ2v) is 5.75. The van der Waals surface area contributed by atoms with Crippen LogP contribution in [0.1, 0.15) is 40.0 Å². The van der Waals surface area contributed by atoms with Gasteiger partial charge in [0, 0.05) is 6.54 Å². The molecule has 0 bridgehead atoms. The first kappa shape index (κ1) is 18.2. The van der Waals surface area contributed by atoms with Crippen LogP contribution in [0.15, 0.2) is 0 Å². The van der Waals surface area contributed by atoms with Crippen molar-refractivity contribution in [3.63, 3.8) is 0 Å². The van der Waals surface area contributed by atoms with E-state index in [0.29, 0.717) is 18.8 Å². The lowest BCUT2D eigenvalue weighted by atomic mass is 9.98. The number of esters is 1. The Kier molecular flexibility index (Phi) is 9.69. The number of amides is 1. The van der Waals surface area contributed by atoms with E-state index in [1.165, 1.54) is 0 Å². The van der Waals surface area contributed by atoms with Crippen molar-refractivity contribution in [2.45, 2.75) is 45.6 Å². The summed E-state index contributed by atoms with van der Waals surface area (Å²) in [7, 11) is 0. The fourth-order valence-electron chi connectivity index (χ4n) is 1.42. The highest BCUT2D eigenvalue weighted by molar-refractivity contribution is 7.99. The fraction of sp³-hybridized carbons (Fsp3) is 0.846. The summed E-state index contributed by atoms with van der Waals surface area (Å²) in [5.41, 5.74) is 4.96. The molecule has 0 aromatic carbocycles. The summed E-state index contributed by atoms with van der Waals surface area (Å²) in [5, 5.41) is 2.82. The van der Waals surface area contributed by atoms with E-state index in [9.17, 15) is 9.59 Å². The van der Waals surface area contributed by atoms with E-state index in [-0.39, 0.29) is 11.9 Å². The van der Waals surface area contributed by atoms with E-state index in [1.807, 2.05) is 6.92 Å². The third-order valence-corrected chi connectivity index (χ3v) is 3.58. The first-order valence-electron chi connectivity index (χ1n) is 6.74. The van der Waals surface area contributed by atoms with Gasteiger partial charge < -0.3 is 15.8 Å². The maximum absolute atomic E-state index is 11.5. The lowest BCUT2D eigenvalue weighted by molar-refractivity contribution is -0.149. The quantitative estimate of drug-likeness (QED) is 0.468. The average molecular weight is 290 g/mol. The molecular weight excluding hydrogens is 264 g/mol. The zero-order valence-electron chi connectivity index (χ0n) is 12.2. The number of carbonyl (C=O) groups excluding carboxylic acids is 2. The molecule has 1 unspecified atom stereocenters. The van der Waals surface area contributed by atoms with Gasteiger partial charge in [0.15, 0.2) is 0 Å². The van der Waals surface area contributed by atoms with Gasteiger partial charge >= 0.3 is 5.97 Å². The second-order valence-electron chi connectivity index (χ2n) is 4.64. The van der Waals surface area contributed by atoms with Crippen molar-refractivity contribution in [1.82, 2.24) is 5.32 Å². The van der Waals surface area contributed by atoms with Crippen molar-refractivity contribution >= 4 is 23.6 Å². The molecule has 3 N–H and O–H groups in total. The number of hydrogen-bond acceptors (Lipinski definition) is 5. The molecule has 0 aromatic rings. The van der Waals surface area contributed by atoms with Crippen LogP contribution in [-0.4, -0.2) is 42.1 Å². The Balaban J connectivity index is 3.68. The normalized spacial score (nSPS) is 13.7. The van der Waals surface area contributed by atoms with Crippen LogP contribution in [0.3, 0.4) is 0 Å². The number of rotatable bonds is 10. The number of thioether (sulfide) groups is 1. The van der Waals surface area contributed by atoms with Crippen LogP contribution < -0.4 is 11.1 Å². The van der Waals surface area contributed by atoms with Gasteiger partial charge in [-0.1, -0.05) is 6.92 Å². The summed E-state index contributed by atoms with van der Waals surface area (Å²) in [6, 6.07) is 0. The Hall–Kier alpha value is -0.750. The molecule has 19 heavy (non-hydrogen) atoms. The summed E-state index contributed by atoms with van der Waals surface area (Å²) in [5.74, 6) is 0.973. The van der Waals surface area contributed by atoms with Crippen LogP contribution in [0.25, 0.3) is 0 Å². The molecule has 6 heteroatoms. The van der Waals surface area contributed by atoms with Gasteiger partial charge in [-0.15, -0.1) is 0 Å². The summed E-state index contributed by atoms with van der Waals surface area (Å²) >= 11 is 1.56. The SMILES string of the molecule is CCCNC(=O)CSCCCC(C)(N)C(=O)OCC. The molecule has 0 aromatic heterocycles. The fourth-order valence-corrected chi connectivity index (χ4v) is 2.20. The van der Waals surface area contributed by atoms with Gasteiger partial charge in [0.1, 0.15) is 5.54 Å². The van der Waals surface area contributed by atoms with Gasteiger partial charge in [0.05, 0.1) is 12.4 Å². The molecule has 0 heterocycles. The monoisotopic (exact) mass is 290 g/mol. The van der Waals surface area contributed by atoms with Crippen LogP contribution in [0.5, 0.6) is 0 Å². The van der Waals surface area contributed by atoms with Crippen LogP contribution in [0.2, 0.25) is 0 Å². The summed E-state index contributed by atoms with van der Waals surface area (Å²) in [6.07, 6.45) is 2.30. The molecule has 0 saturated carbocycles. The van der Waals surface area contributed by atoms with Gasteiger partial charge in [-0.25, -0.2) is 0 Å². The molecule has 5 nitrogen and oxygen atoms in total. The number of hydrogen-bond donors (Lipinski definition) is 2. The molecule has 0 aliphatic carbocycles. The van der Waals surface area contributed by atoms with Gasteiger partial charge in [0.25, 0.3) is 0 Å². The van der Waals surface area contributed by atoms with Crippen LogP contribution >= 0.6 is 11.8 Å². The predicted molar refractivity (Wildman–Crippen MR) is 79.1 cm³/mol. The van der Waals surface area contributed by atoms with E-state index in [4.69, 9.17) is 10.5 Å². The highest BCUT2D eigenvalue weighted by atomic mass is 32.2. The average Bonchev–Trinajstić information content (AvgIpc) is 2.36. The van der Waals surface area contributed by atoms with E-state index in [1.54, 1.807) is 25.6 Å². The Bertz CT molecular complexity index is 283. The number of ether oxygens (including phenoxy) is 1. The van der Waals surface area contributed by atoms with Crippen molar-refractivity contribution in [2.75, 3.05) is 24.7 Å². The maximum atomic E-state index is 11.5. The van der Waals surface area contributed by atoms with Crippen molar-refractivity contribution < 1.29 is 14.3 Å². The molecule has 0 fully saturated rings. The number of carbonyl (C=O) groups is 2. The molecule has 0 saturated heterocycles. The molecule has 0 aliphatic rings. The molecule has 0 spiro atoms. The standard InChI is InChI=1S/C13H26N2O3S/c1-4-8-15-11(16)10-19-9-6-7-13(3,14)12(17)18-5-2/h4-10,14H2,1-3H3,(H,15,16). The van der Waals surface area contributed by atoms with Gasteiger partial charge in [-0.2, -0.15) is 11.8 Å². The first-order valence-corrected chi connectivity index (χ1v) is 7.90. The summed E-state index contributed by atoms with van der Waals surface area (Å²) in [4.78, 5) is 22.9. The van der Waals surface area contributed by atoms with Gasteiger partial charge in [0.2, 0.25) is 5.91 Å². The van der Waals surface area contributed by atoms with Crippen molar-refractivity contribution in [3.8, 4) is 0 Å². The maximum Gasteiger partial charge on any atom is 0.325 e. The van der Waals surface area contributed by atoms with E-state index >= 15 is 0 Å². The summed E-state index contributed by atoms with van der Waals surface area (Å²) < 4.78 is 4.91. The Morgan fingerprint density at radius 1 is 1.37 bits per heavy atom. The predicted octanol–water partition coefficient (Wildman–Crippen LogP) is 1.31. The zero-order valence-corrected chi connectivity index (χ0v) is 13.0. The lowest BCUT2D eigenvalue weighted by Crippen LogP contribution is -2.46. The topological polar surface area (TPSA) is 81.4 Å². The van der Waals surface area contributed by atoms with Crippen LogP contribution in [0.4, 0.5) is 0 Å². The van der Waals surface area contributed by atoms with Crippen molar-refractivity contribution in [1.29, 1.82) is 0 Å². The molecule has 1 amide bonds. The third kappa shape index (κ3) is 8.88. The minimum absolute atomic E-state index is 0.0627. The van der Waals surface area contributed by atoms with Gasteiger partial charge in [-0.3, -0.25) is 9.59 Å². The molecule has 112 valence electrons. The minimum atomic E-state index is -0.930.